The third-order valence-electron chi connectivity index (χ3n) is 1.77. The Kier molecular flexibility index (Phi) is 3.80. The van der Waals surface area contributed by atoms with Crippen molar-refractivity contribution in [1.29, 1.82) is 0 Å². The van der Waals surface area contributed by atoms with Gasteiger partial charge in [-0.1, -0.05) is 18.2 Å². The topological polar surface area (TPSA) is 29.4 Å². The first-order chi connectivity index (χ1) is 5.38. The molecule has 1 aromatic rings. The zero-order chi connectivity index (χ0) is 7.68. The molecule has 2 rings (SSSR count). The van der Waals surface area contributed by atoms with E-state index in [0.717, 1.165) is 17.5 Å². The first-order valence-electron chi connectivity index (χ1n) is 3.53. The molecule has 1 aliphatic heterocycles. The van der Waals surface area contributed by atoms with Crippen molar-refractivity contribution < 1.29 is 57.6 Å². The monoisotopic (exact) mass is 185 g/mol. The van der Waals surface area contributed by atoms with Crippen molar-refractivity contribution in [2.75, 3.05) is 0 Å². The summed E-state index contributed by atoms with van der Waals surface area (Å²) in [4.78, 5) is 14.8. The average molecular weight is 185 g/mol. The number of hydrogen-bond acceptors (Lipinski definition) is 1. The van der Waals surface area contributed by atoms with Gasteiger partial charge in [0.05, 0.1) is 0 Å². The number of nitrogens with zero attached hydrogens (tertiary/aromatic N) is 1. The van der Waals surface area contributed by atoms with Crippen molar-refractivity contribution in [3.8, 4) is 0 Å². The largest absolute Gasteiger partial charge is 1.00 e. The molecule has 1 heterocycles. The van der Waals surface area contributed by atoms with E-state index in [1.165, 1.54) is 0 Å². The molecular weight excluding hydrogens is 177 g/mol. The number of rotatable bonds is 0. The van der Waals surface area contributed by atoms with Crippen molar-refractivity contribution in [3.63, 3.8) is 0 Å². The normalized spacial score (nSPS) is 13.5. The Balaban J connectivity index is 0.000000720. The summed E-state index contributed by atoms with van der Waals surface area (Å²) in [6, 6.07) is 7.56. The molecule has 1 aliphatic rings. The van der Waals surface area contributed by atoms with E-state index < -0.39 is 0 Å². The predicted octanol–water partition coefficient (Wildman–Crippen LogP) is -1.43. The van der Waals surface area contributed by atoms with E-state index in [1.54, 1.807) is 6.21 Å². The van der Waals surface area contributed by atoms with Gasteiger partial charge in [0, 0.05) is 18.2 Å². The van der Waals surface area contributed by atoms with Crippen LogP contribution in [0.25, 0.3) is 0 Å². The molecule has 0 aliphatic carbocycles. The number of aliphatic imine (C=N–C) groups is 1. The molecule has 56 valence electrons. The zero-order valence-electron chi connectivity index (χ0n) is 7.95. The fraction of sp³-hybridized carbons (Fsp3) is 0.111. The van der Waals surface area contributed by atoms with Gasteiger partial charge in [-0.2, -0.15) is 0 Å². The summed E-state index contributed by atoms with van der Waals surface area (Å²) in [6.45, 7) is 0. The van der Waals surface area contributed by atoms with Crippen LogP contribution in [0.1, 0.15) is 17.3 Å². The summed E-state index contributed by atoms with van der Waals surface area (Å²) < 4.78 is 0. The minimum Gasteiger partial charge on any atom is -1.00 e. The molecule has 2 nitrogen and oxygen atoms in total. The van der Waals surface area contributed by atoms with Gasteiger partial charge in [-0.25, -0.2) is 4.99 Å². The molecule has 0 bridgehead atoms. The van der Waals surface area contributed by atoms with Crippen LogP contribution in [0.4, 0.5) is 0 Å². The molecule has 0 fully saturated rings. The first-order valence-corrected chi connectivity index (χ1v) is 3.53. The molecule has 0 radical (unpaired) electrons. The fourth-order valence-corrected chi connectivity index (χ4v) is 1.20. The van der Waals surface area contributed by atoms with Crippen molar-refractivity contribution in [2.45, 2.75) is 6.42 Å². The number of carbonyl (C=O) groups excluding carboxylic acids is 1. The second kappa shape index (κ2) is 4.44. The minimum atomic E-state index is -0.119. The molecule has 0 saturated heterocycles. The van der Waals surface area contributed by atoms with Crippen molar-refractivity contribution in [1.82, 2.24) is 0 Å². The Morgan fingerprint density at radius 3 is 2.83 bits per heavy atom. The molecule has 0 saturated carbocycles. The Morgan fingerprint density at radius 2 is 2.08 bits per heavy atom. The smallest absolute Gasteiger partial charge is 1.00 e. The molecule has 0 N–H and O–H groups in total. The standard InChI is InChI=1S/C9H7NO.K.H/c11-9-8-4-2-1-3-7(8)5-6-10-9;;/h1-4,6H,5H2;;/q;+1;-1. The second-order valence-electron chi connectivity index (χ2n) is 2.48. The van der Waals surface area contributed by atoms with Crippen LogP contribution in [0.2, 0.25) is 0 Å². The van der Waals surface area contributed by atoms with Crippen molar-refractivity contribution in [2.24, 2.45) is 4.99 Å². The molecule has 0 aromatic heterocycles. The van der Waals surface area contributed by atoms with Gasteiger partial charge in [0.2, 0.25) is 0 Å². The van der Waals surface area contributed by atoms with Crippen LogP contribution in [0.5, 0.6) is 0 Å². The van der Waals surface area contributed by atoms with Gasteiger partial charge in [-0.15, -0.1) is 0 Å². The van der Waals surface area contributed by atoms with E-state index in [2.05, 4.69) is 4.99 Å². The van der Waals surface area contributed by atoms with Crippen LogP contribution < -0.4 is 51.4 Å². The average Bonchev–Trinajstić information content (AvgIpc) is 2.06. The van der Waals surface area contributed by atoms with E-state index in [-0.39, 0.29) is 58.7 Å². The number of fused-ring (bicyclic) bond motifs is 1. The maximum atomic E-state index is 11.1. The fourth-order valence-electron chi connectivity index (χ4n) is 1.20. The van der Waals surface area contributed by atoms with Crippen molar-refractivity contribution in [3.05, 3.63) is 35.4 Å². The third kappa shape index (κ3) is 1.92. The van der Waals surface area contributed by atoms with Gasteiger partial charge in [0.25, 0.3) is 5.91 Å². The Labute approximate surface area is 115 Å². The first kappa shape index (κ1) is 10.3. The van der Waals surface area contributed by atoms with Crippen LogP contribution in [0, 0.1) is 0 Å². The van der Waals surface area contributed by atoms with Crippen LogP contribution >= 0.6 is 0 Å². The quantitative estimate of drug-likeness (QED) is 0.456. The van der Waals surface area contributed by atoms with Gasteiger partial charge in [-0.3, -0.25) is 4.79 Å². The van der Waals surface area contributed by atoms with E-state index in [4.69, 9.17) is 0 Å². The zero-order valence-corrected chi connectivity index (χ0v) is 10.1. The SMILES string of the molecule is O=C1N=CCc2ccccc21.[H-].[K+]. The third-order valence-corrected chi connectivity index (χ3v) is 1.77. The number of amides is 1. The summed E-state index contributed by atoms with van der Waals surface area (Å²) in [7, 11) is 0. The number of benzene rings is 1. The molecule has 1 amide bonds. The molecule has 0 unspecified atom stereocenters. The van der Waals surface area contributed by atoms with Crippen LogP contribution in [-0.2, 0) is 6.42 Å². The molecule has 12 heavy (non-hydrogen) atoms. The molecule has 3 heteroatoms. The number of hydrogen-bond donors (Lipinski definition) is 0. The van der Waals surface area contributed by atoms with Crippen molar-refractivity contribution >= 4 is 12.1 Å². The minimum absolute atomic E-state index is 0. The van der Waals surface area contributed by atoms with Crippen LogP contribution in [-0.4, -0.2) is 12.1 Å². The summed E-state index contributed by atoms with van der Waals surface area (Å²) >= 11 is 0. The Bertz CT molecular complexity index is 338. The Hall–Kier alpha value is 0.196. The maximum Gasteiger partial charge on any atom is 1.00 e. The van der Waals surface area contributed by atoms with E-state index >= 15 is 0 Å². The van der Waals surface area contributed by atoms with Gasteiger partial charge in [-0.05, 0) is 11.6 Å². The Morgan fingerprint density at radius 1 is 1.33 bits per heavy atom. The van der Waals surface area contributed by atoms with Gasteiger partial charge >= 0.3 is 51.4 Å². The summed E-state index contributed by atoms with van der Waals surface area (Å²) in [5, 5.41) is 0. The molecule has 0 atom stereocenters. The van der Waals surface area contributed by atoms with Crippen LogP contribution in [0.15, 0.2) is 29.3 Å². The number of carbonyl (C=O) groups is 1. The molecule has 1 aromatic carbocycles. The van der Waals surface area contributed by atoms with Gasteiger partial charge < -0.3 is 1.43 Å². The van der Waals surface area contributed by atoms with Gasteiger partial charge in [0.15, 0.2) is 0 Å². The van der Waals surface area contributed by atoms with E-state index in [9.17, 15) is 4.79 Å². The summed E-state index contributed by atoms with van der Waals surface area (Å²) in [5.74, 6) is -0.119. The molecular formula is C9H8KNO. The van der Waals surface area contributed by atoms with Crippen LogP contribution in [0.3, 0.4) is 0 Å². The molecule has 0 spiro atoms. The van der Waals surface area contributed by atoms with E-state index in [0.29, 0.717) is 0 Å². The summed E-state index contributed by atoms with van der Waals surface area (Å²) in [5.41, 5.74) is 1.82. The van der Waals surface area contributed by atoms with Gasteiger partial charge in [0.1, 0.15) is 0 Å². The maximum absolute atomic E-state index is 11.1. The predicted molar refractivity (Wildman–Crippen MR) is 44.1 cm³/mol. The summed E-state index contributed by atoms with van der Waals surface area (Å²) in [6.07, 6.45) is 2.44. The van der Waals surface area contributed by atoms with E-state index in [1.807, 2.05) is 24.3 Å². The second-order valence-corrected chi connectivity index (χ2v) is 2.48.